The highest BCUT2D eigenvalue weighted by Crippen LogP contribution is 2.15. The molecule has 1 atom stereocenters. The van der Waals surface area contributed by atoms with Gasteiger partial charge in [0.1, 0.15) is 6.61 Å². The molecule has 17 heavy (non-hydrogen) atoms. The van der Waals surface area contributed by atoms with Crippen molar-refractivity contribution in [3.8, 4) is 0 Å². The van der Waals surface area contributed by atoms with Crippen LogP contribution in [-0.2, 0) is 9.53 Å². The minimum absolute atomic E-state index is 0. The maximum absolute atomic E-state index is 11.7. The topological polar surface area (TPSA) is 41.6 Å². The van der Waals surface area contributed by atoms with Crippen LogP contribution in [-0.4, -0.2) is 50.7 Å². The van der Waals surface area contributed by atoms with Crippen LogP contribution in [0.1, 0.15) is 26.2 Å². The van der Waals surface area contributed by atoms with E-state index in [0.717, 1.165) is 38.9 Å². The normalized spacial score (nSPS) is 19.2. The van der Waals surface area contributed by atoms with E-state index in [1.807, 2.05) is 11.9 Å². The third kappa shape index (κ3) is 6.24. The van der Waals surface area contributed by atoms with Crippen LogP contribution in [0.5, 0.6) is 0 Å². The predicted octanol–water partition coefficient (Wildman–Crippen LogP) is 1.29. The van der Waals surface area contributed by atoms with Crippen molar-refractivity contribution < 1.29 is 9.53 Å². The molecule has 0 radical (unpaired) electrons. The van der Waals surface area contributed by atoms with E-state index in [1.54, 1.807) is 0 Å². The second-order valence-corrected chi connectivity index (χ2v) is 4.46. The van der Waals surface area contributed by atoms with Gasteiger partial charge in [0.25, 0.3) is 0 Å². The average molecular weight is 265 g/mol. The zero-order valence-corrected chi connectivity index (χ0v) is 11.7. The van der Waals surface area contributed by atoms with Crippen LogP contribution in [0, 0.1) is 5.92 Å². The molecular weight excluding hydrogens is 240 g/mol. The molecule has 1 aliphatic rings. The molecule has 1 aliphatic heterocycles. The fraction of sp³-hybridized carbons (Fsp3) is 0.917. The SMILES string of the molecule is CCCCOCC(=O)N1CCC(CNC)C1.Cl. The molecule has 1 amide bonds. The molecule has 0 bridgehead atoms. The van der Waals surface area contributed by atoms with Crippen LogP contribution >= 0.6 is 12.4 Å². The van der Waals surface area contributed by atoms with Crippen LogP contribution < -0.4 is 5.32 Å². The summed E-state index contributed by atoms with van der Waals surface area (Å²) in [6.45, 7) is 5.86. The van der Waals surface area contributed by atoms with E-state index in [-0.39, 0.29) is 24.9 Å². The third-order valence-corrected chi connectivity index (χ3v) is 3.00. The zero-order valence-electron chi connectivity index (χ0n) is 10.9. The van der Waals surface area contributed by atoms with Crippen molar-refractivity contribution in [3.05, 3.63) is 0 Å². The van der Waals surface area contributed by atoms with Crippen LogP contribution in [0.4, 0.5) is 0 Å². The zero-order chi connectivity index (χ0) is 11.8. The van der Waals surface area contributed by atoms with Gasteiger partial charge in [0.2, 0.25) is 5.91 Å². The standard InChI is InChI=1S/C12H24N2O2.ClH/c1-3-4-7-16-10-12(15)14-6-5-11(9-14)8-13-2;/h11,13H,3-10H2,1-2H3;1H. The number of nitrogens with zero attached hydrogens (tertiary/aromatic N) is 1. The molecule has 0 spiro atoms. The Morgan fingerprint density at radius 2 is 2.29 bits per heavy atom. The van der Waals surface area contributed by atoms with Gasteiger partial charge in [-0.1, -0.05) is 13.3 Å². The number of hydrogen-bond donors (Lipinski definition) is 1. The first-order chi connectivity index (χ1) is 7.77. The summed E-state index contributed by atoms with van der Waals surface area (Å²) in [4.78, 5) is 13.7. The van der Waals surface area contributed by atoms with Crippen molar-refractivity contribution in [2.24, 2.45) is 5.92 Å². The summed E-state index contributed by atoms with van der Waals surface area (Å²) in [5.41, 5.74) is 0. The number of halogens is 1. The van der Waals surface area contributed by atoms with Gasteiger partial charge in [-0.3, -0.25) is 4.79 Å². The molecule has 5 heteroatoms. The lowest BCUT2D eigenvalue weighted by molar-refractivity contribution is -0.135. The van der Waals surface area contributed by atoms with Crippen molar-refractivity contribution in [1.82, 2.24) is 10.2 Å². The summed E-state index contributed by atoms with van der Waals surface area (Å²) in [7, 11) is 1.96. The largest absolute Gasteiger partial charge is 0.372 e. The summed E-state index contributed by atoms with van der Waals surface area (Å²) < 4.78 is 5.34. The molecule has 4 nitrogen and oxygen atoms in total. The van der Waals surface area contributed by atoms with E-state index in [0.29, 0.717) is 12.5 Å². The molecule has 1 N–H and O–H groups in total. The Morgan fingerprint density at radius 1 is 1.53 bits per heavy atom. The summed E-state index contributed by atoms with van der Waals surface area (Å²) in [6.07, 6.45) is 3.26. The minimum atomic E-state index is 0. The van der Waals surface area contributed by atoms with Crippen LogP contribution in [0.25, 0.3) is 0 Å². The molecular formula is C12H25ClN2O2. The lowest BCUT2D eigenvalue weighted by Gasteiger charge is -2.16. The summed E-state index contributed by atoms with van der Waals surface area (Å²) >= 11 is 0. The molecule has 0 aliphatic carbocycles. The Hall–Kier alpha value is -0.320. The highest BCUT2D eigenvalue weighted by Gasteiger charge is 2.25. The number of ether oxygens (including phenoxy) is 1. The number of unbranched alkanes of at least 4 members (excludes halogenated alkanes) is 1. The molecule has 1 saturated heterocycles. The lowest BCUT2D eigenvalue weighted by atomic mass is 10.1. The second-order valence-electron chi connectivity index (χ2n) is 4.46. The smallest absolute Gasteiger partial charge is 0.248 e. The minimum Gasteiger partial charge on any atom is -0.372 e. The second kappa shape index (κ2) is 9.68. The molecule has 0 aromatic heterocycles. The van der Waals surface area contributed by atoms with Gasteiger partial charge in [-0.15, -0.1) is 12.4 Å². The van der Waals surface area contributed by atoms with Gasteiger partial charge in [-0.05, 0) is 32.4 Å². The van der Waals surface area contributed by atoms with E-state index < -0.39 is 0 Å². The number of carbonyl (C=O) groups excluding carboxylic acids is 1. The van der Waals surface area contributed by atoms with Gasteiger partial charge in [-0.25, -0.2) is 0 Å². The first-order valence-corrected chi connectivity index (χ1v) is 6.28. The summed E-state index contributed by atoms with van der Waals surface area (Å²) in [5.74, 6) is 0.763. The lowest BCUT2D eigenvalue weighted by Crippen LogP contribution is -2.33. The van der Waals surface area contributed by atoms with Gasteiger partial charge in [0.15, 0.2) is 0 Å². The highest BCUT2D eigenvalue weighted by atomic mass is 35.5. The number of amides is 1. The van der Waals surface area contributed by atoms with Gasteiger partial charge in [0.05, 0.1) is 0 Å². The molecule has 0 aromatic carbocycles. The Balaban J connectivity index is 0.00000256. The van der Waals surface area contributed by atoms with Gasteiger partial charge >= 0.3 is 0 Å². The first kappa shape index (κ1) is 16.7. The quantitative estimate of drug-likeness (QED) is 0.705. The molecule has 0 aromatic rings. The van der Waals surface area contributed by atoms with Gasteiger partial charge in [0, 0.05) is 19.7 Å². The Labute approximate surface area is 110 Å². The number of hydrogen-bond acceptors (Lipinski definition) is 3. The molecule has 102 valence electrons. The maximum atomic E-state index is 11.7. The highest BCUT2D eigenvalue weighted by molar-refractivity contribution is 5.85. The monoisotopic (exact) mass is 264 g/mol. The maximum Gasteiger partial charge on any atom is 0.248 e. The third-order valence-electron chi connectivity index (χ3n) is 3.00. The fourth-order valence-electron chi connectivity index (χ4n) is 2.01. The predicted molar refractivity (Wildman–Crippen MR) is 71.6 cm³/mol. The fourth-order valence-corrected chi connectivity index (χ4v) is 2.01. The summed E-state index contributed by atoms with van der Waals surface area (Å²) in [6, 6.07) is 0. The Bertz CT molecular complexity index is 215. The van der Waals surface area contributed by atoms with E-state index >= 15 is 0 Å². The molecule has 1 unspecified atom stereocenters. The van der Waals surface area contributed by atoms with Crippen LogP contribution in [0.2, 0.25) is 0 Å². The van der Waals surface area contributed by atoms with Gasteiger partial charge < -0.3 is 15.0 Å². The van der Waals surface area contributed by atoms with Crippen molar-refractivity contribution in [2.75, 3.05) is 39.9 Å². The van der Waals surface area contributed by atoms with E-state index in [1.165, 1.54) is 0 Å². The number of likely N-dealkylation sites (tertiary alicyclic amines) is 1. The van der Waals surface area contributed by atoms with E-state index in [9.17, 15) is 4.79 Å². The molecule has 1 heterocycles. The van der Waals surface area contributed by atoms with Crippen molar-refractivity contribution in [1.29, 1.82) is 0 Å². The van der Waals surface area contributed by atoms with Crippen molar-refractivity contribution in [2.45, 2.75) is 26.2 Å². The Morgan fingerprint density at radius 3 is 2.94 bits per heavy atom. The van der Waals surface area contributed by atoms with Crippen molar-refractivity contribution >= 4 is 18.3 Å². The average Bonchev–Trinajstić information content (AvgIpc) is 2.73. The van der Waals surface area contributed by atoms with Crippen LogP contribution in [0.3, 0.4) is 0 Å². The van der Waals surface area contributed by atoms with Crippen LogP contribution in [0.15, 0.2) is 0 Å². The van der Waals surface area contributed by atoms with Crippen molar-refractivity contribution in [3.63, 3.8) is 0 Å². The molecule has 0 saturated carbocycles. The van der Waals surface area contributed by atoms with E-state index in [4.69, 9.17) is 4.74 Å². The number of nitrogens with one attached hydrogen (secondary N) is 1. The number of carbonyl (C=O) groups is 1. The first-order valence-electron chi connectivity index (χ1n) is 6.28. The van der Waals surface area contributed by atoms with E-state index in [2.05, 4.69) is 12.2 Å². The Kier molecular flexibility index (Phi) is 9.50. The molecule has 1 rings (SSSR count). The summed E-state index contributed by atoms with van der Waals surface area (Å²) in [5, 5.41) is 3.16. The number of rotatable bonds is 7. The van der Waals surface area contributed by atoms with Gasteiger partial charge in [-0.2, -0.15) is 0 Å². The molecule has 1 fully saturated rings.